The average Bonchev–Trinajstić information content (AvgIpc) is 2.35. The van der Waals surface area contributed by atoms with Gasteiger partial charge in [0.25, 0.3) is 0 Å². The van der Waals surface area contributed by atoms with Gasteiger partial charge in [-0.3, -0.25) is 4.79 Å². The van der Waals surface area contributed by atoms with Crippen molar-refractivity contribution in [2.24, 2.45) is 5.73 Å². The summed E-state index contributed by atoms with van der Waals surface area (Å²) < 4.78 is 30.7. The van der Waals surface area contributed by atoms with Gasteiger partial charge >= 0.3 is 5.97 Å². The van der Waals surface area contributed by atoms with Crippen LogP contribution in [-0.2, 0) is 19.6 Å². The maximum absolute atomic E-state index is 12.0. The Hall–Kier alpha value is -1.15. The Morgan fingerprint density at radius 1 is 1.47 bits per heavy atom. The molecule has 0 aliphatic carbocycles. The number of carbonyl (C=O) groups excluding carboxylic acids is 1. The minimum absolute atomic E-state index is 0. The van der Waals surface area contributed by atoms with Crippen molar-refractivity contribution in [3.63, 3.8) is 0 Å². The van der Waals surface area contributed by atoms with Crippen LogP contribution in [0.4, 0.5) is 0 Å². The molecule has 0 aliphatic rings. The van der Waals surface area contributed by atoms with E-state index in [1.807, 2.05) is 0 Å². The Labute approximate surface area is 118 Å². The fourth-order valence-electron chi connectivity index (χ4n) is 1.37. The molecule has 0 amide bonds. The van der Waals surface area contributed by atoms with Gasteiger partial charge in [-0.05, 0) is 24.6 Å². The molecule has 0 aliphatic heterocycles. The van der Waals surface area contributed by atoms with Crippen LogP contribution in [-0.4, -0.2) is 34.1 Å². The highest BCUT2D eigenvalue weighted by Crippen LogP contribution is 2.11. The number of hydrogen-bond donors (Lipinski definition) is 2. The van der Waals surface area contributed by atoms with Crippen molar-refractivity contribution >= 4 is 28.4 Å². The fourth-order valence-corrected chi connectivity index (χ4v) is 2.67. The number of halogens is 1. The van der Waals surface area contributed by atoms with Crippen LogP contribution in [0, 0.1) is 6.92 Å². The molecule has 0 aromatic heterocycles. The number of ether oxygens (including phenoxy) is 1. The lowest BCUT2D eigenvalue weighted by molar-refractivity contribution is -0.142. The minimum atomic E-state index is -3.78. The normalized spacial score (nSPS) is 12.4. The number of hydrogen-bond acceptors (Lipinski definition) is 5. The summed E-state index contributed by atoms with van der Waals surface area (Å²) >= 11 is 0. The highest BCUT2D eigenvalue weighted by Gasteiger charge is 2.25. The number of sulfonamides is 1. The lowest BCUT2D eigenvalue weighted by atomic mass is 10.2. The standard InChI is InChI=1S/C11H16N2O4S.ClH/c1-8-4-3-5-9(6-8)18(15,16)13-10(7-12)11(14)17-2;/h3-6,10,13H,7,12H2,1-2H3;1H. The van der Waals surface area contributed by atoms with Crippen molar-refractivity contribution in [3.05, 3.63) is 29.8 Å². The van der Waals surface area contributed by atoms with Gasteiger partial charge in [0.05, 0.1) is 12.0 Å². The van der Waals surface area contributed by atoms with E-state index in [4.69, 9.17) is 5.73 Å². The zero-order valence-corrected chi connectivity index (χ0v) is 12.3. The number of benzene rings is 1. The van der Waals surface area contributed by atoms with E-state index in [1.54, 1.807) is 19.1 Å². The third kappa shape index (κ3) is 4.79. The summed E-state index contributed by atoms with van der Waals surface area (Å²) in [5.74, 6) is -0.714. The first-order valence-corrected chi connectivity index (χ1v) is 6.76. The van der Waals surface area contributed by atoms with Crippen molar-refractivity contribution in [1.82, 2.24) is 4.72 Å². The van der Waals surface area contributed by atoms with Crippen LogP contribution in [0.15, 0.2) is 29.2 Å². The largest absolute Gasteiger partial charge is 0.468 e. The van der Waals surface area contributed by atoms with Crippen LogP contribution in [0.25, 0.3) is 0 Å². The third-order valence-corrected chi connectivity index (χ3v) is 3.79. The predicted molar refractivity (Wildman–Crippen MR) is 73.6 cm³/mol. The zero-order chi connectivity index (χ0) is 13.8. The molecule has 19 heavy (non-hydrogen) atoms. The smallest absolute Gasteiger partial charge is 0.325 e. The van der Waals surface area contributed by atoms with Crippen molar-refractivity contribution in [2.45, 2.75) is 17.9 Å². The first-order chi connectivity index (χ1) is 8.40. The van der Waals surface area contributed by atoms with Crippen LogP contribution in [0.1, 0.15) is 5.56 Å². The number of methoxy groups -OCH3 is 1. The van der Waals surface area contributed by atoms with E-state index in [9.17, 15) is 13.2 Å². The molecular weight excluding hydrogens is 292 g/mol. The molecule has 0 fully saturated rings. The van der Waals surface area contributed by atoms with E-state index in [0.29, 0.717) is 0 Å². The predicted octanol–water partition coefficient (Wildman–Crippen LogP) is 0.195. The van der Waals surface area contributed by atoms with E-state index in [0.717, 1.165) is 5.56 Å². The van der Waals surface area contributed by atoms with Gasteiger partial charge in [0.1, 0.15) is 6.04 Å². The lowest BCUT2D eigenvalue weighted by Crippen LogP contribution is -2.46. The van der Waals surface area contributed by atoms with E-state index in [1.165, 1.54) is 19.2 Å². The lowest BCUT2D eigenvalue weighted by Gasteiger charge is -2.14. The average molecular weight is 309 g/mol. The van der Waals surface area contributed by atoms with Gasteiger partial charge in [0, 0.05) is 6.54 Å². The second-order valence-electron chi connectivity index (χ2n) is 3.75. The minimum Gasteiger partial charge on any atom is -0.468 e. The van der Waals surface area contributed by atoms with E-state index < -0.39 is 22.0 Å². The number of nitrogens with two attached hydrogens (primary N) is 1. The molecule has 1 aromatic carbocycles. The van der Waals surface area contributed by atoms with Crippen molar-refractivity contribution in [2.75, 3.05) is 13.7 Å². The molecule has 3 N–H and O–H groups in total. The van der Waals surface area contributed by atoms with Gasteiger partial charge in [-0.25, -0.2) is 8.42 Å². The van der Waals surface area contributed by atoms with E-state index in [-0.39, 0.29) is 23.8 Å². The van der Waals surface area contributed by atoms with Gasteiger partial charge in [-0.2, -0.15) is 4.72 Å². The van der Waals surface area contributed by atoms with Crippen LogP contribution >= 0.6 is 12.4 Å². The van der Waals surface area contributed by atoms with Gasteiger partial charge < -0.3 is 10.5 Å². The van der Waals surface area contributed by atoms with Gasteiger partial charge in [0.15, 0.2) is 0 Å². The second kappa shape index (κ2) is 7.44. The Bertz CT molecular complexity index is 533. The van der Waals surface area contributed by atoms with Crippen LogP contribution in [0.5, 0.6) is 0 Å². The Balaban J connectivity index is 0.00000324. The van der Waals surface area contributed by atoms with Crippen molar-refractivity contribution in [3.8, 4) is 0 Å². The number of nitrogens with one attached hydrogen (secondary N) is 1. The zero-order valence-electron chi connectivity index (χ0n) is 10.6. The maximum atomic E-state index is 12.0. The van der Waals surface area contributed by atoms with Crippen molar-refractivity contribution in [1.29, 1.82) is 0 Å². The molecule has 1 unspecified atom stereocenters. The number of carbonyl (C=O) groups is 1. The molecular formula is C11H17ClN2O4S. The maximum Gasteiger partial charge on any atom is 0.325 e. The topological polar surface area (TPSA) is 98.5 Å². The molecule has 8 heteroatoms. The summed E-state index contributed by atoms with van der Waals surface area (Å²) in [5, 5.41) is 0. The molecule has 0 spiro atoms. The molecule has 108 valence electrons. The summed E-state index contributed by atoms with van der Waals surface area (Å²) in [4.78, 5) is 11.4. The molecule has 0 bridgehead atoms. The first-order valence-electron chi connectivity index (χ1n) is 5.27. The van der Waals surface area contributed by atoms with E-state index in [2.05, 4.69) is 9.46 Å². The summed E-state index contributed by atoms with van der Waals surface area (Å²) in [7, 11) is -2.61. The van der Waals surface area contributed by atoms with Gasteiger partial charge in [0.2, 0.25) is 10.0 Å². The molecule has 1 aromatic rings. The summed E-state index contributed by atoms with van der Waals surface area (Å²) in [6.07, 6.45) is 0. The van der Waals surface area contributed by atoms with E-state index >= 15 is 0 Å². The summed E-state index contributed by atoms with van der Waals surface area (Å²) in [6, 6.07) is 5.27. The number of esters is 1. The molecule has 0 radical (unpaired) electrons. The molecule has 0 saturated heterocycles. The Morgan fingerprint density at radius 3 is 2.58 bits per heavy atom. The van der Waals surface area contributed by atoms with Crippen LogP contribution in [0.2, 0.25) is 0 Å². The molecule has 0 saturated carbocycles. The Kier molecular flexibility index (Phi) is 6.99. The van der Waals surface area contributed by atoms with Crippen LogP contribution in [0.3, 0.4) is 0 Å². The SMILES string of the molecule is COC(=O)C(CN)NS(=O)(=O)c1cccc(C)c1.Cl. The first kappa shape index (κ1) is 17.8. The van der Waals surface area contributed by atoms with Gasteiger partial charge in [-0.15, -0.1) is 12.4 Å². The number of rotatable bonds is 5. The molecule has 1 atom stereocenters. The Morgan fingerprint density at radius 2 is 2.11 bits per heavy atom. The third-order valence-electron chi connectivity index (χ3n) is 2.32. The molecule has 1 rings (SSSR count). The monoisotopic (exact) mass is 308 g/mol. The molecule has 0 heterocycles. The van der Waals surface area contributed by atoms with Gasteiger partial charge in [-0.1, -0.05) is 12.1 Å². The summed E-state index contributed by atoms with van der Waals surface area (Å²) in [6.45, 7) is 1.61. The molecule has 6 nitrogen and oxygen atoms in total. The number of aryl methyl sites for hydroxylation is 1. The van der Waals surface area contributed by atoms with Crippen LogP contribution < -0.4 is 10.5 Å². The fraction of sp³-hybridized carbons (Fsp3) is 0.364. The second-order valence-corrected chi connectivity index (χ2v) is 5.46. The summed E-state index contributed by atoms with van der Waals surface area (Å²) in [5.41, 5.74) is 6.14. The highest BCUT2D eigenvalue weighted by atomic mass is 35.5. The quantitative estimate of drug-likeness (QED) is 0.757. The van der Waals surface area contributed by atoms with Crippen molar-refractivity contribution < 1.29 is 17.9 Å². The highest BCUT2D eigenvalue weighted by molar-refractivity contribution is 7.89.